The molecule has 0 fully saturated rings. The van der Waals surface area contributed by atoms with Crippen LogP contribution in [0.1, 0.15) is 29.7 Å². The second kappa shape index (κ2) is 6.20. The molecule has 0 amide bonds. The highest BCUT2D eigenvalue weighted by atomic mass is 79.9. The lowest BCUT2D eigenvalue weighted by Crippen LogP contribution is -2.31. The third-order valence-electron chi connectivity index (χ3n) is 4.36. The number of benzene rings is 2. The van der Waals surface area contributed by atoms with Crippen molar-refractivity contribution in [1.29, 1.82) is 0 Å². The molecule has 110 valence electrons. The summed E-state index contributed by atoms with van der Waals surface area (Å²) in [6.07, 6.45) is 1.12. The predicted octanol–water partition coefficient (Wildman–Crippen LogP) is 4.29. The molecule has 2 aromatic rings. The summed E-state index contributed by atoms with van der Waals surface area (Å²) in [4.78, 5) is 2.50. The standard InChI is InChI=1S/C18H21BrN2/c1-13(20-2)17-11-16(19)7-8-18(17)21-10-9-14-5-3-4-6-15(14)12-21/h3-8,11,13,20H,9-10,12H2,1-2H3. The fourth-order valence-corrected chi connectivity index (χ4v) is 3.40. The SMILES string of the molecule is CNC(C)c1cc(Br)ccc1N1CCc2ccccc2C1. The molecule has 3 rings (SSSR count). The first-order valence-electron chi connectivity index (χ1n) is 7.47. The van der Waals surface area contributed by atoms with Gasteiger partial charge in [-0.1, -0.05) is 40.2 Å². The number of nitrogens with zero attached hydrogens (tertiary/aromatic N) is 1. The van der Waals surface area contributed by atoms with Crippen molar-refractivity contribution in [3.63, 3.8) is 0 Å². The Labute approximate surface area is 135 Å². The molecular weight excluding hydrogens is 324 g/mol. The Morgan fingerprint density at radius 2 is 1.90 bits per heavy atom. The van der Waals surface area contributed by atoms with Crippen molar-refractivity contribution in [3.8, 4) is 0 Å². The van der Waals surface area contributed by atoms with Gasteiger partial charge in [-0.15, -0.1) is 0 Å². The van der Waals surface area contributed by atoms with E-state index in [9.17, 15) is 0 Å². The molecule has 0 radical (unpaired) electrons. The predicted molar refractivity (Wildman–Crippen MR) is 92.8 cm³/mol. The number of hydrogen-bond acceptors (Lipinski definition) is 2. The van der Waals surface area contributed by atoms with Crippen LogP contribution >= 0.6 is 15.9 Å². The molecule has 0 saturated carbocycles. The number of anilines is 1. The maximum absolute atomic E-state index is 3.60. The van der Waals surface area contributed by atoms with Gasteiger partial charge in [0.15, 0.2) is 0 Å². The number of halogens is 1. The molecule has 1 N–H and O–H groups in total. The average molecular weight is 345 g/mol. The van der Waals surface area contributed by atoms with Crippen LogP contribution in [0.15, 0.2) is 46.9 Å². The van der Waals surface area contributed by atoms with E-state index in [0.717, 1.165) is 24.0 Å². The molecule has 2 nitrogen and oxygen atoms in total. The summed E-state index contributed by atoms with van der Waals surface area (Å²) >= 11 is 3.60. The van der Waals surface area contributed by atoms with Gasteiger partial charge in [-0.2, -0.15) is 0 Å². The van der Waals surface area contributed by atoms with Crippen LogP contribution < -0.4 is 10.2 Å². The Balaban J connectivity index is 1.95. The first kappa shape index (κ1) is 14.6. The maximum Gasteiger partial charge on any atom is 0.0432 e. The summed E-state index contributed by atoms with van der Waals surface area (Å²) in [6, 6.07) is 15.7. The molecule has 0 bridgehead atoms. The first-order valence-corrected chi connectivity index (χ1v) is 8.27. The first-order chi connectivity index (χ1) is 10.2. The van der Waals surface area contributed by atoms with Crippen molar-refractivity contribution in [2.45, 2.75) is 25.9 Å². The van der Waals surface area contributed by atoms with Crippen molar-refractivity contribution in [1.82, 2.24) is 5.32 Å². The molecule has 1 atom stereocenters. The Kier molecular flexibility index (Phi) is 4.32. The summed E-state index contributed by atoms with van der Waals surface area (Å²) in [7, 11) is 2.01. The van der Waals surface area contributed by atoms with Crippen LogP contribution in [0.5, 0.6) is 0 Å². The minimum absolute atomic E-state index is 0.342. The third-order valence-corrected chi connectivity index (χ3v) is 4.85. The summed E-state index contributed by atoms with van der Waals surface area (Å²) < 4.78 is 1.14. The largest absolute Gasteiger partial charge is 0.367 e. The highest BCUT2D eigenvalue weighted by molar-refractivity contribution is 9.10. The van der Waals surface area contributed by atoms with Crippen LogP contribution in [0.3, 0.4) is 0 Å². The van der Waals surface area contributed by atoms with Crippen LogP contribution in [0.25, 0.3) is 0 Å². The van der Waals surface area contributed by atoms with Gasteiger partial charge in [0.2, 0.25) is 0 Å². The summed E-state index contributed by atoms with van der Waals surface area (Å²) in [5.41, 5.74) is 5.64. The zero-order valence-electron chi connectivity index (χ0n) is 12.6. The van der Waals surface area contributed by atoms with Crippen LogP contribution in [0.2, 0.25) is 0 Å². The number of rotatable bonds is 3. The van der Waals surface area contributed by atoms with E-state index >= 15 is 0 Å². The molecule has 1 aliphatic rings. The Morgan fingerprint density at radius 1 is 1.14 bits per heavy atom. The quantitative estimate of drug-likeness (QED) is 0.893. The molecule has 1 unspecified atom stereocenters. The van der Waals surface area contributed by atoms with Gasteiger partial charge in [0, 0.05) is 29.3 Å². The second-order valence-electron chi connectivity index (χ2n) is 5.65. The number of fused-ring (bicyclic) bond motifs is 1. The average Bonchev–Trinajstić information content (AvgIpc) is 2.53. The Morgan fingerprint density at radius 3 is 2.67 bits per heavy atom. The lowest BCUT2D eigenvalue weighted by Gasteiger charge is -2.33. The van der Waals surface area contributed by atoms with E-state index in [-0.39, 0.29) is 0 Å². The van der Waals surface area contributed by atoms with E-state index in [0.29, 0.717) is 6.04 Å². The molecule has 0 spiro atoms. The topological polar surface area (TPSA) is 15.3 Å². The fourth-order valence-electron chi connectivity index (χ4n) is 3.02. The van der Waals surface area contributed by atoms with E-state index in [1.165, 1.54) is 22.4 Å². The number of nitrogens with one attached hydrogen (secondary N) is 1. The van der Waals surface area contributed by atoms with Crippen molar-refractivity contribution in [2.24, 2.45) is 0 Å². The molecular formula is C18H21BrN2. The van der Waals surface area contributed by atoms with Crippen molar-refractivity contribution < 1.29 is 0 Å². The lowest BCUT2D eigenvalue weighted by molar-refractivity contribution is 0.641. The fraction of sp³-hybridized carbons (Fsp3) is 0.333. The maximum atomic E-state index is 3.60. The molecule has 0 saturated heterocycles. The van der Waals surface area contributed by atoms with Crippen molar-refractivity contribution in [2.75, 3.05) is 18.5 Å². The molecule has 1 aliphatic heterocycles. The molecule has 3 heteroatoms. The van der Waals surface area contributed by atoms with E-state index in [4.69, 9.17) is 0 Å². The summed E-state index contributed by atoms with van der Waals surface area (Å²) in [5, 5.41) is 3.36. The molecule has 1 heterocycles. The van der Waals surface area contributed by atoms with E-state index < -0.39 is 0 Å². The minimum atomic E-state index is 0.342. The second-order valence-corrected chi connectivity index (χ2v) is 6.57. The highest BCUT2D eigenvalue weighted by Crippen LogP contribution is 2.32. The zero-order chi connectivity index (χ0) is 14.8. The molecule has 0 aliphatic carbocycles. The molecule has 0 aromatic heterocycles. The third kappa shape index (κ3) is 2.99. The van der Waals surface area contributed by atoms with Gasteiger partial charge >= 0.3 is 0 Å². The van der Waals surface area contributed by atoms with Crippen LogP contribution in [-0.4, -0.2) is 13.6 Å². The normalized spacial score (nSPS) is 15.7. The highest BCUT2D eigenvalue weighted by Gasteiger charge is 2.20. The van der Waals surface area contributed by atoms with Gasteiger partial charge in [0.05, 0.1) is 0 Å². The van der Waals surface area contributed by atoms with E-state index in [1.54, 1.807) is 0 Å². The van der Waals surface area contributed by atoms with Crippen molar-refractivity contribution in [3.05, 3.63) is 63.6 Å². The van der Waals surface area contributed by atoms with E-state index in [2.05, 4.69) is 75.5 Å². The molecule has 21 heavy (non-hydrogen) atoms. The Bertz CT molecular complexity index is 639. The molecule has 2 aromatic carbocycles. The van der Waals surface area contributed by atoms with Crippen LogP contribution in [0.4, 0.5) is 5.69 Å². The van der Waals surface area contributed by atoms with Gasteiger partial charge in [0.25, 0.3) is 0 Å². The summed E-state index contributed by atoms with van der Waals surface area (Å²) in [5.74, 6) is 0. The van der Waals surface area contributed by atoms with Gasteiger partial charge in [-0.3, -0.25) is 0 Å². The van der Waals surface area contributed by atoms with Gasteiger partial charge in [-0.05, 0) is 55.3 Å². The van der Waals surface area contributed by atoms with Gasteiger partial charge in [-0.25, -0.2) is 0 Å². The number of hydrogen-bond donors (Lipinski definition) is 1. The van der Waals surface area contributed by atoms with Gasteiger partial charge < -0.3 is 10.2 Å². The zero-order valence-corrected chi connectivity index (χ0v) is 14.2. The van der Waals surface area contributed by atoms with Gasteiger partial charge in [0.1, 0.15) is 0 Å². The van der Waals surface area contributed by atoms with Crippen LogP contribution in [-0.2, 0) is 13.0 Å². The Hall–Kier alpha value is -1.32. The van der Waals surface area contributed by atoms with Crippen LogP contribution in [0, 0.1) is 0 Å². The summed E-state index contributed by atoms with van der Waals surface area (Å²) in [6.45, 7) is 4.30. The minimum Gasteiger partial charge on any atom is -0.367 e. The smallest absolute Gasteiger partial charge is 0.0432 e. The monoisotopic (exact) mass is 344 g/mol. The van der Waals surface area contributed by atoms with E-state index in [1.807, 2.05) is 7.05 Å². The lowest BCUT2D eigenvalue weighted by atomic mass is 9.97. The van der Waals surface area contributed by atoms with Crippen molar-refractivity contribution >= 4 is 21.6 Å².